The first-order valence-corrected chi connectivity index (χ1v) is 23.1. The van der Waals surface area contributed by atoms with Gasteiger partial charge in [0.25, 0.3) is 0 Å². The molecule has 0 bridgehead atoms. The zero-order valence-corrected chi connectivity index (χ0v) is 36.2. The Morgan fingerprint density at radius 2 is 0.954 bits per heavy atom. The van der Waals surface area contributed by atoms with E-state index in [2.05, 4.69) is 252 Å². The molecule has 2 nitrogen and oxygen atoms in total. The van der Waals surface area contributed by atoms with E-state index in [1.807, 2.05) is 11.3 Å². The van der Waals surface area contributed by atoms with Crippen molar-refractivity contribution in [2.24, 2.45) is 0 Å². The molecule has 0 saturated carbocycles. The van der Waals surface area contributed by atoms with Gasteiger partial charge in [-0.2, -0.15) is 0 Å². The van der Waals surface area contributed by atoms with Gasteiger partial charge in [0.2, 0.25) is 0 Å². The molecule has 304 valence electrons. The molecule has 0 aliphatic heterocycles. The predicted octanol–water partition coefficient (Wildman–Crippen LogP) is 17.9. The van der Waals surface area contributed by atoms with E-state index < -0.39 is 0 Å². The third-order valence-corrected chi connectivity index (χ3v) is 14.2. The molecular weight excluding hydrogens is 805 g/mol. The van der Waals surface area contributed by atoms with Crippen molar-refractivity contribution in [2.45, 2.75) is 0 Å². The van der Waals surface area contributed by atoms with Gasteiger partial charge in [-0.3, -0.25) is 0 Å². The van der Waals surface area contributed by atoms with Gasteiger partial charge in [0.15, 0.2) is 0 Å². The fourth-order valence-electron chi connectivity index (χ4n) is 10.1. The molecule has 0 fully saturated rings. The first-order valence-electron chi connectivity index (χ1n) is 22.2. The highest BCUT2D eigenvalue weighted by Gasteiger charge is 2.22. The summed E-state index contributed by atoms with van der Waals surface area (Å²) in [6.45, 7) is 0. The predicted molar refractivity (Wildman–Crippen MR) is 280 cm³/mol. The Labute approximate surface area is 381 Å². The third-order valence-electron chi connectivity index (χ3n) is 13.1. The van der Waals surface area contributed by atoms with Crippen LogP contribution in [0, 0.1) is 0 Å². The number of benzene rings is 11. The molecule has 13 aromatic rings. The molecule has 0 radical (unpaired) electrons. The number of hydrogen-bond acceptors (Lipinski definition) is 2. The number of hydrogen-bond donors (Lipinski definition) is 0. The van der Waals surface area contributed by atoms with Crippen LogP contribution < -0.4 is 4.90 Å². The summed E-state index contributed by atoms with van der Waals surface area (Å²) in [5.41, 5.74) is 13.9. The van der Waals surface area contributed by atoms with Crippen molar-refractivity contribution in [3.8, 4) is 39.1 Å². The van der Waals surface area contributed by atoms with Crippen molar-refractivity contribution < 1.29 is 0 Å². The Kier molecular flexibility index (Phi) is 8.75. The number of thiophene rings is 1. The number of fused-ring (bicyclic) bond motifs is 9. The molecule has 0 amide bonds. The molecule has 0 N–H and O–H groups in total. The summed E-state index contributed by atoms with van der Waals surface area (Å²) < 4.78 is 5.05. The van der Waals surface area contributed by atoms with E-state index >= 15 is 0 Å². The molecular formula is C62H40N2S. The number of aromatic nitrogens is 1. The van der Waals surface area contributed by atoms with E-state index in [4.69, 9.17) is 0 Å². The maximum absolute atomic E-state index is 2.45. The molecule has 0 atom stereocenters. The largest absolute Gasteiger partial charge is 0.310 e. The zero-order chi connectivity index (χ0) is 42.8. The van der Waals surface area contributed by atoms with Crippen LogP contribution in [0.15, 0.2) is 243 Å². The van der Waals surface area contributed by atoms with E-state index in [0.29, 0.717) is 0 Å². The normalized spacial score (nSPS) is 11.7. The van der Waals surface area contributed by atoms with Crippen LogP contribution in [0.4, 0.5) is 17.1 Å². The topological polar surface area (TPSA) is 8.17 Å². The van der Waals surface area contributed by atoms with E-state index in [9.17, 15) is 0 Å². The summed E-state index contributed by atoms with van der Waals surface area (Å²) in [7, 11) is 0. The molecule has 13 rings (SSSR count). The summed E-state index contributed by atoms with van der Waals surface area (Å²) in [4.78, 5) is 2.45. The molecule has 2 heterocycles. The Balaban J connectivity index is 1.11. The fraction of sp³-hybridized carbons (Fsp3) is 0. The summed E-state index contributed by atoms with van der Waals surface area (Å²) in [6, 6.07) is 89.2. The van der Waals surface area contributed by atoms with Crippen LogP contribution in [-0.4, -0.2) is 4.57 Å². The molecule has 0 saturated heterocycles. The minimum atomic E-state index is 1.09. The Morgan fingerprint density at radius 1 is 0.323 bits per heavy atom. The minimum Gasteiger partial charge on any atom is -0.310 e. The van der Waals surface area contributed by atoms with Crippen molar-refractivity contribution in [3.63, 3.8) is 0 Å². The lowest BCUT2D eigenvalue weighted by Crippen LogP contribution is -2.11. The molecule has 2 aromatic heterocycles. The van der Waals surface area contributed by atoms with Crippen LogP contribution in [0.25, 0.3) is 103 Å². The smallest absolute Gasteiger partial charge is 0.0619 e. The quantitative estimate of drug-likeness (QED) is 0.155. The van der Waals surface area contributed by atoms with Crippen LogP contribution >= 0.6 is 11.3 Å². The average Bonchev–Trinajstić information content (AvgIpc) is 3.91. The SMILES string of the molecule is c1ccc(-c2ccccc2N(c2ccccc2)c2cc(-c3ccc4sc5cc6ccccc6cc5c4c3)cc(-c3cc4c5ccccc5n(-c5ccccc5)c4c4ccccc34)c2)cc1. The molecule has 3 heteroatoms. The van der Waals surface area contributed by atoms with Crippen LogP contribution in [0.5, 0.6) is 0 Å². The number of para-hydroxylation sites is 4. The van der Waals surface area contributed by atoms with Crippen molar-refractivity contribution in [2.75, 3.05) is 4.90 Å². The summed E-state index contributed by atoms with van der Waals surface area (Å²) in [5.74, 6) is 0. The number of rotatable bonds is 7. The monoisotopic (exact) mass is 844 g/mol. The van der Waals surface area contributed by atoms with Gasteiger partial charge in [0.05, 0.1) is 16.7 Å². The molecule has 0 unspecified atom stereocenters. The van der Waals surface area contributed by atoms with E-state index in [0.717, 1.165) is 33.9 Å². The maximum Gasteiger partial charge on any atom is 0.0619 e. The first kappa shape index (κ1) is 37.3. The number of anilines is 3. The van der Waals surface area contributed by atoms with Gasteiger partial charge in [-0.05, 0) is 129 Å². The van der Waals surface area contributed by atoms with Gasteiger partial charge < -0.3 is 9.47 Å². The summed E-state index contributed by atoms with van der Waals surface area (Å²) in [6.07, 6.45) is 0. The lowest BCUT2D eigenvalue weighted by molar-refractivity contribution is 1.19. The van der Waals surface area contributed by atoms with Crippen LogP contribution in [0.2, 0.25) is 0 Å². The van der Waals surface area contributed by atoms with Crippen molar-refractivity contribution in [1.29, 1.82) is 0 Å². The van der Waals surface area contributed by atoms with Gasteiger partial charge in [0, 0.05) is 59.0 Å². The molecule has 0 aliphatic carbocycles. The second-order valence-corrected chi connectivity index (χ2v) is 18.0. The second-order valence-electron chi connectivity index (χ2n) is 16.9. The van der Waals surface area contributed by atoms with Gasteiger partial charge in [-0.1, -0.05) is 158 Å². The van der Waals surface area contributed by atoms with Crippen LogP contribution in [-0.2, 0) is 0 Å². The Hall–Kier alpha value is -8.24. The minimum absolute atomic E-state index is 1.09. The maximum atomic E-state index is 2.45. The average molecular weight is 845 g/mol. The Morgan fingerprint density at radius 3 is 1.77 bits per heavy atom. The fourth-order valence-corrected chi connectivity index (χ4v) is 11.3. The Bertz CT molecular complexity index is 3940. The van der Waals surface area contributed by atoms with Crippen LogP contribution in [0.1, 0.15) is 0 Å². The van der Waals surface area contributed by atoms with Crippen LogP contribution in [0.3, 0.4) is 0 Å². The lowest BCUT2D eigenvalue weighted by atomic mass is 9.91. The van der Waals surface area contributed by atoms with E-state index in [-0.39, 0.29) is 0 Å². The highest BCUT2D eigenvalue weighted by Crippen LogP contribution is 2.47. The van der Waals surface area contributed by atoms with Crippen molar-refractivity contribution in [1.82, 2.24) is 4.57 Å². The standard InChI is InChI=1S/C62H40N2S/c1-4-18-41(19-5-1)50-26-14-16-30-58(50)63(47-22-6-2-7-23-47)49-35-45(44-32-33-60-55(38-44)56-37-42-20-10-11-21-43(42)39-61(56)65-60)34-46(36-49)54-40-57-52-28-15-17-31-59(52)64(48-24-8-3-9-25-48)62(57)53-29-13-12-27-51(53)54/h1-40H. The summed E-state index contributed by atoms with van der Waals surface area (Å²) >= 11 is 1.88. The van der Waals surface area contributed by atoms with Gasteiger partial charge in [0.1, 0.15) is 0 Å². The van der Waals surface area contributed by atoms with E-state index in [1.165, 1.54) is 85.8 Å². The molecule has 11 aromatic carbocycles. The van der Waals surface area contributed by atoms with Crippen molar-refractivity contribution in [3.05, 3.63) is 243 Å². The first-order chi connectivity index (χ1) is 32.2. The second kappa shape index (κ2) is 15.2. The van der Waals surface area contributed by atoms with Gasteiger partial charge >= 0.3 is 0 Å². The number of nitrogens with zero attached hydrogens (tertiary/aromatic N) is 2. The molecule has 65 heavy (non-hydrogen) atoms. The van der Waals surface area contributed by atoms with E-state index in [1.54, 1.807) is 0 Å². The van der Waals surface area contributed by atoms with Gasteiger partial charge in [-0.15, -0.1) is 11.3 Å². The zero-order valence-electron chi connectivity index (χ0n) is 35.4. The lowest BCUT2D eigenvalue weighted by Gasteiger charge is -2.29. The highest BCUT2D eigenvalue weighted by atomic mass is 32.1. The molecule has 0 spiro atoms. The van der Waals surface area contributed by atoms with Crippen molar-refractivity contribution >= 4 is 91.9 Å². The molecule has 0 aliphatic rings. The third kappa shape index (κ3) is 6.24. The highest BCUT2D eigenvalue weighted by molar-refractivity contribution is 7.25. The summed E-state index contributed by atoms with van der Waals surface area (Å²) in [5, 5.41) is 10.0. The van der Waals surface area contributed by atoms with Gasteiger partial charge in [-0.25, -0.2) is 0 Å².